The molecule has 0 aliphatic heterocycles. The number of hydrogen-bond acceptors (Lipinski definition) is 2. The number of carbonyl (C=O) groups excluding carboxylic acids is 1. The molecule has 3 heteroatoms. The Morgan fingerprint density at radius 3 is 2.61 bits per heavy atom. The van der Waals surface area contributed by atoms with E-state index in [2.05, 4.69) is 18.3 Å². The number of ether oxygens (including phenoxy) is 1. The van der Waals surface area contributed by atoms with E-state index < -0.39 is 0 Å². The van der Waals surface area contributed by atoms with Gasteiger partial charge in [0.1, 0.15) is 5.75 Å². The molecule has 0 aromatic heterocycles. The summed E-state index contributed by atoms with van der Waals surface area (Å²) in [5.74, 6) is 0.869. The van der Waals surface area contributed by atoms with Crippen LogP contribution in [-0.2, 0) is 17.8 Å². The summed E-state index contributed by atoms with van der Waals surface area (Å²) in [7, 11) is 0. The number of benzene rings is 2. The molecule has 0 saturated heterocycles. The highest BCUT2D eigenvalue weighted by molar-refractivity contribution is 5.78. The van der Waals surface area contributed by atoms with Crippen molar-refractivity contribution in [3.8, 4) is 5.75 Å². The zero-order valence-corrected chi connectivity index (χ0v) is 14.3. The Labute approximate surface area is 138 Å². The molecule has 0 aliphatic rings. The van der Waals surface area contributed by atoms with Crippen LogP contribution in [0.15, 0.2) is 42.5 Å². The van der Waals surface area contributed by atoms with Crippen molar-refractivity contribution in [2.75, 3.05) is 0 Å². The molecule has 0 atom stereocenters. The molecular weight excluding hydrogens is 286 g/mol. The summed E-state index contributed by atoms with van der Waals surface area (Å²) >= 11 is 0. The normalized spacial score (nSPS) is 10.7. The number of rotatable bonds is 6. The van der Waals surface area contributed by atoms with Crippen molar-refractivity contribution in [1.82, 2.24) is 5.32 Å². The summed E-state index contributed by atoms with van der Waals surface area (Å²) < 4.78 is 5.67. The summed E-state index contributed by atoms with van der Waals surface area (Å²) in [6.07, 6.45) is 0.554. The van der Waals surface area contributed by atoms with Crippen LogP contribution in [0.3, 0.4) is 0 Å². The molecule has 0 saturated carbocycles. The number of nitrogens with one attached hydrogen (secondary N) is 1. The second-order valence-corrected chi connectivity index (χ2v) is 6.20. The van der Waals surface area contributed by atoms with Crippen LogP contribution in [0.25, 0.3) is 0 Å². The van der Waals surface area contributed by atoms with Gasteiger partial charge in [0.05, 0.1) is 12.5 Å². The zero-order chi connectivity index (χ0) is 16.8. The lowest BCUT2D eigenvalue weighted by molar-refractivity contribution is -0.120. The Morgan fingerprint density at radius 1 is 1.13 bits per heavy atom. The van der Waals surface area contributed by atoms with Crippen molar-refractivity contribution >= 4 is 5.91 Å². The molecule has 122 valence electrons. The van der Waals surface area contributed by atoms with Crippen LogP contribution >= 0.6 is 0 Å². The van der Waals surface area contributed by atoms with Crippen molar-refractivity contribution in [2.24, 2.45) is 0 Å². The Bertz CT molecular complexity index is 677. The van der Waals surface area contributed by atoms with Gasteiger partial charge in [0.15, 0.2) is 0 Å². The van der Waals surface area contributed by atoms with E-state index in [0.29, 0.717) is 13.0 Å². The maximum atomic E-state index is 12.1. The predicted octanol–water partition coefficient (Wildman–Crippen LogP) is 3.95. The minimum Gasteiger partial charge on any atom is -0.491 e. The summed E-state index contributed by atoms with van der Waals surface area (Å²) in [4.78, 5) is 12.1. The predicted molar refractivity (Wildman–Crippen MR) is 93.7 cm³/mol. The highest BCUT2D eigenvalue weighted by atomic mass is 16.5. The minimum atomic E-state index is 0.0344. The third-order valence-electron chi connectivity index (χ3n) is 3.61. The van der Waals surface area contributed by atoms with Crippen molar-refractivity contribution in [3.63, 3.8) is 0 Å². The van der Waals surface area contributed by atoms with E-state index in [4.69, 9.17) is 4.74 Å². The van der Waals surface area contributed by atoms with Gasteiger partial charge in [-0.05, 0) is 56.5 Å². The van der Waals surface area contributed by atoms with E-state index >= 15 is 0 Å². The third-order valence-corrected chi connectivity index (χ3v) is 3.61. The first-order valence-corrected chi connectivity index (χ1v) is 8.02. The lowest BCUT2D eigenvalue weighted by Gasteiger charge is -2.12. The molecule has 2 aromatic rings. The van der Waals surface area contributed by atoms with Crippen LogP contribution in [0, 0.1) is 13.8 Å². The quantitative estimate of drug-likeness (QED) is 0.877. The first-order valence-electron chi connectivity index (χ1n) is 8.02. The van der Waals surface area contributed by atoms with Crippen LogP contribution in [0.1, 0.15) is 36.1 Å². The van der Waals surface area contributed by atoms with Gasteiger partial charge in [0.2, 0.25) is 5.91 Å². The average molecular weight is 311 g/mol. The average Bonchev–Trinajstić information content (AvgIpc) is 2.48. The molecule has 0 unspecified atom stereocenters. The standard InChI is InChI=1S/C20H25NO2/c1-14(2)23-19-7-5-6-17(11-19)13-21-20(22)12-18-9-8-15(3)10-16(18)4/h5-11,14H,12-13H2,1-4H3,(H,21,22). The van der Waals surface area contributed by atoms with Crippen LogP contribution in [0.2, 0.25) is 0 Å². The molecule has 2 rings (SSSR count). The number of hydrogen-bond donors (Lipinski definition) is 1. The first kappa shape index (κ1) is 17.1. The smallest absolute Gasteiger partial charge is 0.224 e. The fourth-order valence-corrected chi connectivity index (χ4v) is 2.48. The molecular formula is C20H25NO2. The van der Waals surface area contributed by atoms with E-state index in [1.165, 1.54) is 5.56 Å². The van der Waals surface area contributed by atoms with Crippen LogP contribution < -0.4 is 10.1 Å². The van der Waals surface area contributed by atoms with Crippen LogP contribution in [0.5, 0.6) is 5.75 Å². The zero-order valence-electron chi connectivity index (χ0n) is 14.3. The molecule has 1 amide bonds. The van der Waals surface area contributed by atoms with E-state index in [0.717, 1.165) is 22.4 Å². The number of aryl methyl sites for hydroxylation is 2. The van der Waals surface area contributed by atoms with E-state index in [1.54, 1.807) is 0 Å². The molecule has 3 nitrogen and oxygen atoms in total. The largest absolute Gasteiger partial charge is 0.491 e. The van der Waals surface area contributed by atoms with Gasteiger partial charge in [-0.3, -0.25) is 4.79 Å². The molecule has 0 aliphatic carbocycles. The highest BCUT2D eigenvalue weighted by Gasteiger charge is 2.07. The highest BCUT2D eigenvalue weighted by Crippen LogP contribution is 2.15. The van der Waals surface area contributed by atoms with Gasteiger partial charge in [0, 0.05) is 6.54 Å². The van der Waals surface area contributed by atoms with Gasteiger partial charge in [-0.1, -0.05) is 35.9 Å². The van der Waals surface area contributed by atoms with Crippen molar-refractivity contribution in [3.05, 3.63) is 64.7 Å². The lowest BCUT2D eigenvalue weighted by atomic mass is 10.0. The molecule has 1 N–H and O–H groups in total. The van der Waals surface area contributed by atoms with E-state index in [9.17, 15) is 4.79 Å². The summed E-state index contributed by atoms with van der Waals surface area (Å²) in [6.45, 7) is 8.61. The van der Waals surface area contributed by atoms with Gasteiger partial charge in [-0.15, -0.1) is 0 Å². The summed E-state index contributed by atoms with van der Waals surface area (Å²) in [5, 5.41) is 2.98. The van der Waals surface area contributed by atoms with Crippen molar-refractivity contribution in [1.29, 1.82) is 0 Å². The van der Waals surface area contributed by atoms with E-state index in [1.807, 2.05) is 57.2 Å². The molecule has 0 spiro atoms. The topological polar surface area (TPSA) is 38.3 Å². The SMILES string of the molecule is Cc1ccc(CC(=O)NCc2cccc(OC(C)C)c2)c(C)c1. The van der Waals surface area contributed by atoms with Crippen molar-refractivity contribution in [2.45, 2.75) is 46.8 Å². The minimum absolute atomic E-state index is 0.0344. The maximum Gasteiger partial charge on any atom is 0.224 e. The Hall–Kier alpha value is -2.29. The Morgan fingerprint density at radius 2 is 1.91 bits per heavy atom. The second-order valence-electron chi connectivity index (χ2n) is 6.20. The van der Waals surface area contributed by atoms with Crippen LogP contribution in [0.4, 0.5) is 0 Å². The van der Waals surface area contributed by atoms with E-state index in [-0.39, 0.29) is 12.0 Å². The fraction of sp³-hybridized carbons (Fsp3) is 0.350. The fourth-order valence-electron chi connectivity index (χ4n) is 2.48. The van der Waals surface area contributed by atoms with Gasteiger partial charge in [0.25, 0.3) is 0 Å². The van der Waals surface area contributed by atoms with Gasteiger partial charge in [-0.2, -0.15) is 0 Å². The first-order chi connectivity index (χ1) is 10.9. The van der Waals surface area contributed by atoms with Crippen LogP contribution in [-0.4, -0.2) is 12.0 Å². The molecule has 0 fully saturated rings. The Balaban J connectivity index is 1.91. The van der Waals surface area contributed by atoms with Crippen molar-refractivity contribution < 1.29 is 9.53 Å². The summed E-state index contributed by atoms with van der Waals surface area (Å²) in [6, 6.07) is 14.0. The molecule has 23 heavy (non-hydrogen) atoms. The van der Waals surface area contributed by atoms with Gasteiger partial charge >= 0.3 is 0 Å². The van der Waals surface area contributed by atoms with Gasteiger partial charge in [-0.25, -0.2) is 0 Å². The number of amides is 1. The molecule has 0 heterocycles. The molecule has 0 bridgehead atoms. The molecule has 0 radical (unpaired) electrons. The Kier molecular flexibility index (Phi) is 5.80. The third kappa shape index (κ3) is 5.44. The monoisotopic (exact) mass is 311 g/mol. The number of carbonyl (C=O) groups is 1. The molecule has 2 aromatic carbocycles. The maximum absolute atomic E-state index is 12.1. The summed E-state index contributed by atoms with van der Waals surface area (Å²) in [5.41, 5.74) is 4.49. The lowest BCUT2D eigenvalue weighted by Crippen LogP contribution is -2.24. The van der Waals surface area contributed by atoms with Gasteiger partial charge < -0.3 is 10.1 Å². The second kappa shape index (κ2) is 7.82.